The lowest BCUT2D eigenvalue weighted by Gasteiger charge is -2.45. The Morgan fingerprint density at radius 2 is 2.05 bits per heavy atom. The fraction of sp³-hybridized carbons (Fsp3) is 0.647. The number of hydrogen-bond donors (Lipinski definition) is 1. The summed E-state index contributed by atoms with van der Waals surface area (Å²) in [5.74, 6) is 0.825. The fourth-order valence-electron chi connectivity index (χ4n) is 3.64. The van der Waals surface area contributed by atoms with Crippen molar-refractivity contribution in [2.75, 3.05) is 7.11 Å². The molecule has 0 aliphatic heterocycles. The highest BCUT2D eigenvalue weighted by Gasteiger charge is 2.44. The third-order valence-electron chi connectivity index (χ3n) is 4.70. The zero-order chi connectivity index (χ0) is 14.9. The molecule has 1 aromatic rings. The molecule has 1 fully saturated rings. The molecule has 3 unspecified atom stereocenters. The van der Waals surface area contributed by atoms with Crippen molar-refractivity contribution in [1.82, 2.24) is 0 Å². The van der Waals surface area contributed by atoms with Gasteiger partial charge in [-0.2, -0.15) is 0 Å². The van der Waals surface area contributed by atoms with Crippen molar-refractivity contribution in [3.05, 3.63) is 29.6 Å². The lowest BCUT2D eigenvalue weighted by molar-refractivity contribution is -0.0867. The maximum atomic E-state index is 14.0. The van der Waals surface area contributed by atoms with E-state index in [-0.39, 0.29) is 11.7 Å². The Balaban J connectivity index is 2.41. The van der Waals surface area contributed by atoms with Gasteiger partial charge in [0.15, 0.2) is 11.6 Å². The van der Waals surface area contributed by atoms with Crippen molar-refractivity contribution in [2.45, 2.75) is 45.6 Å². The normalized spacial score (nSPS) is 30.6. The second-order valence-corrected chi connectivity index (χ2v) is 6.51. The monoisotopic (exact) mass is 280 g/mol. The van der Waals surface area contributed by atoms with E-state index in [1.54, 1.807) is 12.1 Å². The van der Waals surface area contributed by atoms with Crippen LogP contribution in [0.4, 0.5) is 4.39 Å². The van der Waals surface area contributed by atoms with Gasteiger partial charge in [0.05, 0.1) is 12.7 Å². The largest absolute Gasteiger partial charge is 0.494 e. The van der Waals surface area contributed by atoms with Gasteiger partial charge in [-0.05, 0) is 48.3 Å². The third kappa shape index (κ3) is 2.69. The summed E-state index contributed by atoms with van der Waals surface area (Å²) < 4.78 is 18.9. The summed E-state index contributed by atoms with van der Waals surface area (Å²) in [5, 5.41) is 11.2. The van der Waals surface area contributed by atoms with Gasteiger partial charge >= 0.3 is 0 Å². The quantitative estimate of drug-likeness (QED) is 0.902. The highest BCUT2D eigenvalue weighted by Crippen LogP contribution is 2.47. The molecule has 1 aromatic carbocycles. The zero-order valence-electron chi connectivity index (χ0n) is 12.8. The van der Waals surface area contributed by atoms with Crippen molar-refractivity contribution in [3.63, 3.8) is 0 Å². The van der Waals surface area contributed by atoms with Gasteiger partial charge in [0, 0.05) is 0 Å². The summed E-state index contributed by atoms with van der Waals surface area (Å²) in [4.78, 5) is 0. The van der Waals surface area contributed by atoms with Gasteiger partial charge in [0.25, 0.3) is 0 Å². The van der Waals surface area contributed by atoms with E-state index in [0.717, 1.165) is 12.8 Å². The SMILES string of the molecule is COc1ccc(C2(O)CC(C)CCC2C(C)C)cc1F. The Kier molecular flexibility index (Phi) is 4.38. The first-order valence-electron chi connectivity index (χ1n) is 7.45. The van der Waals surface area contributed by atoms with Gasteiger partial charge in [0.2, 0.25) is 0 Å². The van der Waals surface area contributed by atoms with Crippen LogP contribution in [-0.2, 0) is 5.60 Å². The van der Waals surface area contributed by atoms with Crippen molar-refractivity contribution in [3.8, 4) is 5.75 Å². The van der Waals surface area contributed by atoms with Crippen LogP contribution in [-0.4, -0.2) is 12.2 Å². The second-order valence-electron chi connectivity index (χ2n) is 6.51. The minimum atomic E-state index is -0.932. The second kappa shape index (κ2) is 5.72. The molecule has 0 amide bonds. The maximum absolute atomic E-state index is 14.0. The molecule has 0 aromatic heterocycles. The summed E-state index contributed by atoms with van der Waals surface area (Å²) in [5.41, 5.74) is -0.250. The van der Waals surface area contributed by atoms with Crippen LogP contribution in [0.15, 0.2) is 18.2 Å². The first-order chi connectivity index (χ1) is 9.38. The Morgan fingerprint density at radius 1 is 1.35 bits per heavy atom. The molecule has 0 heterocycles. The van der Waals surface area contributed by atoms with Gasteiger partial charge in [-0.3, -0.25) is 0 Å². The number of hydrogen-bond acceptors (Lipinski definition) is 2. The summed E-state index contributed by atoms with van der Waals surface area (Å²) in [6.45, 7) is 6.42. The standard InChI is InChI=1S/C17H25FO2/c1-11(2)14-7-5-12(3)10-17(14,19)13-6-8-16(20-4)15(18)9-13/h6,8-9,11-12,14,19H,5,7,10H2,1-4H3. The number of methoxy groups -OCH3 is 1. The van der Waals surface area contributed by atoms with E-state index in [4.69, 9.17) is 4.74 Å². The molecule has 20 heavy (non-hydrogen) atoms. The maximum Gasteiger partial charge on any atom is 0.165 e. The van der Waals surface area contributed by atoms with E-state index in [1.165, 1.54) is 13.2 Å². The van der Waals surface area contributed by atoms with Crippen LogP contribution in [0.2, 0.25) is 0 Å². The average molecular weight is 280 g/mol. The predicted octanol–water partition coefficient (Wildman–Crippen LogP) is 4.11. The van der Waals surface area contributed by atoms with E-state index in [2.05, 4.69) is 20.8 Å². The van der Waals surface area contributed by atoms with E-state index in [1.807, 2.05) is 0 Å². The summed E-state index contributed by atoms with van der Waals surface area (Å²) >= 11 is 0. The predicted molar refractivity (Wildman–Crippen MR) is 78.2 cm³/mol. The highest BCUT2D eigenvalue weighted by molar-refractivity contribution is 5.33. The molecule has 112 valence electrons. The van der Waals surface area contributed by atoms with Crippen LogP contribution in [0.3, 0.4) is 0 Å². The Morgan fingerprint density at radius 3 is 2.60 bits per heavy atom. The zero-order valence-corrected chi connectivity index (χ0v) is 12.8. The molecule has 1 aliphatic carbocycles. The molecule has 2 nitrogen and oxygen atoms in total. The molecule has 1 saturated carbocycles. The lowest BCUT2D eigenvalue weighted by Crippen LogP contribution is -2.43. The average Bonchev–Trinajstić information content (AvgIpc) is 2.38. The third-order valence-corrected chi connectivity index (χ3v) is 4.70. The number of halogens is 1. The van der Waals surface area contributed by atoms with Crippen LogP contribution in [0.1, 0.15) is 45.6 Å². The van der Waals surface area contributed by atoms with E-state index < -0.39 is 11.4 Å². The summed E-state index contributed by atoms with van der Waals surface area (Å²) in [6.07, 6.45) is 2.81. The Hall–Kier alpha value is -1.09. The first-order valence-corrected chi connectivity index (χ1v) is 7.45. The van der Waals surface area contributed by atoms with Crippen LogP contribution < -0.4 is 4.74 Å². The molecule has 2 rings (SSSR count). The smallest absolute Gasteiger partial charge is 0.165 e. The summed E-state index contributed by atoms with van der Waals surface area (Å²) in [7, 11) is 1.45. The molecule has 0 radical (unpaired) electrons. The molecular formula is C17H25FO2. The Labute approximate surface area is 121 Å². The van der Waals surface area contributed by atoms with Crippen LogP contribution in [0.5, 0.6) is 5.75 Å². The van der Waals surface area contributed by atoms with E-state index in [0.29, 0.717) is 23.8 Å². The minimum Gasteiger partial charge on any atom is -0.494 e. The molecule has 3 atom stereocenters. The first kappa shape index (κ1) is 15.3. The highest BCUT2D eigenvalue weighted by atomic mass is 19.1. The lowest BCUT2D eigenvalue weighted by atomic mass is 9.64. The summed E-state index contributed by atoms with van der Waals surface area (Å²) in [6, 6.07) is 4.85. The van der Waals surface area contributed by atoms with E-state index >= 15 is 0 Å². The van der Waals surface area contributed by atoms with Gasteiger partial charge in [0.1, 0.15) is 0 Å². The van der Waals surface area contributed by atoms with E-state index in [9.17, 15) is 9.50 Å². The fourth-order valence-corrected chi connectivity index (χ4v) is 3.64. The number of ether oxygens (including phenoxy) is 1. The number of aliphatic hydroxyl groups is 1. The molecule has 1 N–H and O–H groups in total. The molecule has 0 bridgehead atoms. The minimum absolute atomic E-state index is 0.173. The van der Waals surface area contributed by atoms with Gasteiger partial charge in [-0.15, -0.1) is 0 Å². The van der Waals surface area contributed by atoms with Crippen molar-refractivity contribution >= 4 is 0 Å². The Bertz CT molecular complexity index is 472. The number of benzene rings is 1. The molecule has 0 spiro atoms. The molecule has 1 aliphatic rings. The topological polar surface area (TPSA) is 29.5 Å². The molecular weight excluding hydrogens is 255 g/mol. The molecule has 0 saturated heterocycles. The van der Waals surface area contributed by atoms with Crippen LogP contribution in [0.25, 0.3) is 0 Å². The van der Waals surface area contributed by atoms with Gasteiger partial charge in [-0.1, -0.05) is 33.3 Å². The van der Waals surface area contributed by atoms with Crippen molar-refractivity contribution in [1.29, 1.82) is 0 Å². The van der Waals surface area contributed by atoms with Crippen molar-refractivity contribution in [2.24, 2.45) is 17.8 Å². The van der Waals surface area contributed by atoms with Crippen molar-refractivity contribution < 1.29 is 14.2 Å². The van der Waals surface area contributed by atoms with Gasteiger partial charge < -0.3 is 9.84 Å². The van der Waals surface area contributed by atoms with Crippen LogP contribution in [0, 0.1) is 23.6 Å². The number of rotatable bonds is 3. The molecule has 3 heteroatoms. The van der Waals surface area contributed by atoms with Crippen LogP contribution >= 0.6 is 0 Å². The van der Waals surface area contributed by atoms with Gasteiger partial charge in [-0.25, -0.2) is 4.39 Å².